The minimum Gasteiger partial charge on any atom is -0.493 e. The molecule has 2 heterocycles. The fourth-order valence-electron chi connectivity index (χ4n) is 5.16. The third-order valence-electron chi connectivity index (χ3n) is 7.37. The lowest BCUT2D eigenvalue weighted by Gasteiger charge is -2.32. The Bertz CT molecular complexity index is 1250. The molecule has 7 nitrogen and oxygen atoms in total. The third kappa shape index (κ3) is 6.28. The number of hydrogen-bond acceptors (Lipinski definition) is 5. The minimum absolute atomic E-state index is 0.101. The van der Waals surface area contributed by atoms with E-state index < -0.39 is 5.97 Å². The average molecular weight is 500 g/mol. The minimum atomic E-state index is -0.953. The molecule has 7 heteroatoms. The van der Waals surface area contributed by atoms with Crippen molar-refractivity contribution in [2.45, 2.75) is 44.9 Å². The van der Waals surface area contributed by atoms with Crippen molar-refractivity contribution in [3.05, 3.63) is 83.0 Å². The highest BCUT2D eigenvalue weighted by molar-refractivity contribution is 6.04. The average Bonchev–Trinajstić information content (AvgIpc) is 3.18. The summed E-state index contributed by atoms with van der Waals surface area (Å²) in [6.45, 7) is 2.31. The Morgan fingerprint density at radius 3 is 2.51 bits per heavy atom. The van der Waals surface area contributed by atoms with Crippen LogP contribution in [0.25, 0.3) is 0 Å². The normalized spacial score (nSPS) is 15.9. The van der Waals surface area contributed by atoms with E-state index in [-0.39, 0.29) is 11.5 Å². The van der Waals surface area contributed by atoms with Gasteiger partial charge in [-0.2, -0.15) is 0 Å². The van der Waals surface area contributed by atoms with E-state index in [4.69, 9.17) is 9.84 Å². The van der Waals surface area contributed by atoms with Crippen LogP contribution >= 0.6 is 0 Å². The second kappa shape index (κ2) is 11.5. The number of aryl methyl sites for hydroxylation is 2. The lowest BCUT2D eigenvalue weighted by molar-refractivity contribution is 0.0696. The van der Waals surface area contributed by atoms with Gasteiger partial charge in [0, 0.05) is 18.7 Å². The van der Waals surface area contributed by atoms with Crippen molar-refractivity contribution in [2.75, 3.05) is 29.9 Å². The Kier molecular flexibility index (Phi) is 7.68. The number of ether oxygens (including phenoxy) is 1. The highest BCUT2D eigenvalue weighted by Crippen LogP contribution is 2.25. The summed E-state index contributed by atoms with van der Waals surface area (Å²) in [4.78, 5) is 30.8. The maximum atomic E-state index is 12.8. The Labute approximate surface area is 217 Å². The summed E-state index contributed by atoms with van der Waals surface area (Å²) < 4.78 is 5.87. The molecule has 0 unspecified atom stereocenters. The van der Waals surface area contributed by atoms with Crippen molar-refractivity contribution in [3.63, 3.8) is 0 Å². The van der Waals surface area contributed by atoms with E-state index in [1.807, 2.05) is 18.2 Å². The SMILES string of the molecule is O=C(O)c1cccc(OCC2CCN(c3ccc(NC(=O)c4ccc5c(c4)CCCCC5)cn3)CC2)c1. The van der Waals surface area contributed by atoms with Crippen LogP contribution in [0, 0.1) is 5.92 Å². The number of aromatic carboxylic acids is 1. The van der Waals surface area contributed by atoms with E-state index >= 15 is 0 Å². The molecule has 0 bridgehead atoms. The lowest BCUT2D eigenvalue weighted by atomic mass is 9.98. The summed E-state index contributed by atoms with van der Waals surface area (Å²) in [6.07, 6.45) is 9.48. The second-order valence-electron chi connectivity index (χ2n) is 9.98. The maximum Gasteiger partial charge on any atom is 0.335 e. The van der Waals surface area contributed by atoms with Gasteiger partial charge < -0.3 is 20.1 Å². The number of rotatable bonds is 7. The van der Waals surface area contributed by atoms with Gasteiger partial charge in [-0.25, -0.2) is 9.78 Å². The third-order valence-corrected chi connectivity index (χ3v) is 7.37. The molecule has 1 fully saturated rings. The molecule has 5 rings (SSSR count). The molecule has 3 aromatic rings. The van der Waals surface area contributed by atoms with E-state index in [2.05, 4.69) is 27.3 Å². The van der Waals surface area contributed by atoms with Crippen LogP contribution in [0.4, 0.5) is 11.5 Å². The molecule has 37 heavy (non-hydrogen) atoms. The van der Waals surface area contributed by atoms with E-state index in [1.54, 1.807) is 30.5 Å². The van der Waals surface area contributed by atoms with Crippen LogP contribution in [0.5, 0.6) is 5.75 Å². The number of nitrogens with zero attached hydrogens (tertiary/aromatic N) is 2. The molecular weight excluding hydrogens is 466 g/mol. The number of benzene rings is 2. The number of piperidine rings is 1. The molecule has 192 valence electrons. The largest absolute Gasteiger partial charge is 0.493 e. The second-order valence-corrected chi connectivity index (χ2v) is 9.98. The molecule has 1 aromatic heterocycles. The number of pyridine rings is 1. The molecule has 0 spiro atoms. The maximum absolute atomic E-state index is 12.8. The van der Waals surface area contributed by atoms with E-state index in [1.165, 1.54) is 30.4 Å². The lowest BCUT2D eigenvalue weighted by Crippen LogP contribution is -2.36. The van der Waals surface area contributed by atoms with E-state index in [0.717, 1.165) is 44.6 Å². The molecule has 2 N–H and O–H groups in total. The van der Waals surface area contributed by atoms with Crippen LogP contribution in [0.15, 0.2) is 60.8 Å². The van der Waals surface area contributed by atoms with Crippen LogP contribution in [0.1, 0.15) is 63.9 Å². The molecule has 0 saturated carbocycles. The predicted octanol–water partition coefficient (Wildman–Crippen LogP) is 5.60. The van der Waals surface area contributed by atoms with Gasteiger partial charge >= 0.3 is 5.97 Å². The van der Waals surface area contributed by atoms with E-state index in [0.29, 0.717) is 29.5 Å². The van der Waals surface area contributed by atoms with Gasteiger partial charge in [0.2, 0.25) is 0 Å². The molecular formula is C30H33N3O4. The molecule has 1 saturated heterocycles. The van der Waals surface area contributed by atoms with Crippen LogP contribution in [-0.2, 0) is 12.8 Å². The smallest absolute Gasteiger partial charge is 0.335 e. The van der Waals surface area contributed by atoms with Gasteiger partial charge in [-0.15, -0.1) is 0 Å². The Morgan fingerprint density at radius 1 is 0.946 bits per heavy atom. The van der Waals surface area contributed by atoms with Gasteiger partial charge in [0.15, 0.2) is 0 Å². The van der Waals surface area contributed by atoms with Crippen LogP contribution in [0.2, 0.25) is 0 Å². The first-order chi connectivity index (χ1) is 18.0. The van der Waals surface area contributed by atoms with Crippen molar-refractivity contribution in [3.8, 4) is 5.75 Å². The highest BCUT2D eigenvalue weighted by atomic mass is 16.5. The van der Waals surface area contributed by atoms with Gasteiger partial charge in [0.1, 0.15) is 11.6 Å². The molecule has 1 amide bonds. The molecule has 1 aliphatic heterocycles. The fourth-order valence-corrected chi connectivity index (χ4v) is 5.16. The van der Waals surface area contributed by atoms with Crippen molar-refractivity contribution in [2.24, 2.45) is 5.92 Å². The first kappa shape index (κ1) is 24.8. The number of aromatic nitrogens is 1. The predicted molar refractivity (Wildman–Crippen MR) is 144 cm³/mol. The van der Waals surface area contributed by atoms with Gasteiger partial charge in [0.25, 0.3) is 5.91 Å². The van der Waals surface area contributed by atoms with Crippen molar-refractivity contribution in [1.82, 2.24) is 4.98 Å². The number of carboxylic acid groups (broad SMARTS) is 1. The van der Waals surface area contributed by atoms with E-state index in [9.17, 15) is 9.59 Å². The quantitative estimate of drug-likeness (QED) is 0.412. The zero-order chi connectivity index (χ0) is 25.6. The summed E-state index contributed by atoms with van der Waals surface area (Å²) >= 11 is 0. The number of nitrogens with one attached hydrogen (secondary N) is 1. The van der Waals surface area contributed by atoms with Gasteiger partial charge in [0.05, 0.1) is 24.1 Å². The first-order valence-corrected chi connectivity index (χ1v) is 13.2. The Morgan fingerprint density at radius 2 is 1.76 bits per heavy atom. The zero-order valence-corrected chi connectivity index (χ0v) is 21.0. The summed E-state index contributed by atoms with van der Waals surface area (Å²) in [5.74, 6) is 0.843. The summed E-state index contributed by atoms with van der Waals surface area (Å²) in [7, 11) is 0. The Balaban J connectivity index is 1.11. The van der Waals surface area contributed by atoms with Crippen LogP contribution in [0.3, 0.4) is 0 Å². The molecule has 2 aromatic carbocycles. The number of anilines is 2. The van der Waals surface area contributed by atoms with Crippen molar-refractivity contribution < 1.29 is 19.4 Å². The fraction of sp³-hybridized carbons (Fsp3) is 0.367. The van der Waals surface area contributed by atoms with Gasteiger partial charge in [-0.05, 0) is 98.0 Å². The standard InChI is InChI=1S/C30H33N3O4/c34-29(24-10-9-22-5-2-1-3-6-23(22)17-24)32-26-11-12-28(31-19-26)33-15-13-21(14-16-33)20-37-27-8-4-7-25(18-27)30(35)36/h4,7-12,17-19,21H,1-3,5-6,13-16,20H2,(H,32,34)(H,35,36). The molecule has 0 radical (unpaired) electrons. The van der Waals surface area contributed by atoms with Crippen LogP contribution in [-0.4, -0.2) is 41.7 Å². The number of fused-ring (bicyclic) bond motifs is 1. The molecule has 1 aliphatic carbocycles. The number of hydrogen-bond donors (Lipinski definition) is 2. The van der Waals surface area contributed by atoms with Crippen molar-refractivity contribution >= 4 is 23.4 Å². The first-order valence-electron chi connectivity index (χ1n) is 13.2. The highest BCUT2D eigenvalue weighted by Gasteiger charge is 2.21. The Hall–Kier alpha value is -3.87. The van der Waals surface area contributed by atoms with Gasteiger partial charge in [-0.3, -0.25) is 4.79 Å². The van der Waals surface area contributed by atoms with Crippen molar-refractivity contribution in [1.29, 1.82) is 0 Å². The number of carbonyl (C=O) groups excluding carboxylic acids is 1. The molecule has 2 aliphatic rings. The monoisotopic (exact) mass is 499 g/mol. The summed E-state index contributed by atoms with van der Waals surface area (Å²) in [6, 6.07) is 16.6. The summed E-state index contributed by atoms with van der Waals surface area (Å²) in [5, 5.41) is 12.1. The number of carboxylic acids is 1. The zero-order valence-electron chi connectivity index (χ0n) is 21.0. The topological polar surface area (TPSA) is 91.8 Å². The number of amides is 1. The van der Waals surface area contributed by atoms with Crippen LogP contribution < -0.4 is 15.0 Å². The summed E-state index contributed by atoms with van der Waals surface area (Å²) in [5.41, 5.74) is 4.30. The molecule has 0 atom stereocenters. The van der Waals surface area contributed by atoms with Gasteiger partial charge in [-0.1, -0.05) is 18.6 Å². The number of carbonyl (C=O) groups is 2.